The van der Waals surface area contributed by atoms with Crippen molar-refractivity contribution in [3.63, 3.8) is 0 Å². The molecule has 1 atom stereocenters. The maximum atomic E-state index is 12.1. The molecule has 0 fully saturated rings. The fourth-order valence-corrected chi connectivity index (χ4v) is 3.52. The van der Waals surface area contributed by atoms with E-state index in [0.29, 0.717) is 33.7 Å². The summed E-state index contributed by atoms with van der Waals surface area (Å²) in [6.45, 7) is 4.63. The smallest absolute Gasteiger partial charge is 0.230 e. The number of hydrogen-bond acceptors (Lipinski definition) is 5. The number of nitrogens with zero attached hydrogens (tertiary/aromatic N) is 3. The Labute approximate surface area is 170 Å². The molecule has 3 rings (SSSR count). The number of thioether (sulfide) groups is 1. The molecule has 0 aliphatic heterocycles. The van der Waals surface area contributed by atoms with Crippen LogP contribution >= 0.6 is 27.7 Å². The number of halogens is 1. The number of carbonyl (C=O) groups is 1. The number of carbonyl (C=O) groups excluding carboxylic acids is 1. The minimum absolute atomic E-state index is 0.00842. The number of rotatable bonds is 8. The Balaban J connectivity index is 1.82. The molecule has 2 heterocycles. The average Bonchev–Trinajstić information content (AvgIpc) is 3.27. The molecule has 3 aromatic rings. The molecule has 1 amide bonds. The normalized spacial score (nSPS) is 12.1. The fraction of sp³-hybridized carbons (Fsp3) is 0.316. The van der Waals surface area contributed by atoms with Crippen LogP contribution in [0.1, 0.15) is 25.8 Å². The zero-order chi connectivity index (χ0) is 19.2. The van der Waals surface area contributed by atoms with Crippen molar-refractivity contribution in [2.75, 3.05) is 5.75 Å². The van der Waals surface area contributed by atoms with E-state index in [0.717, 1.165) is 12.0 Å². The quantitative estimate of drug-likeness (QED) is 0.518. The summed E-state index contributed by atoms with van der Waals surface area (Å²) in [5.41, 5.74) is 1.12. The van der Waals surface area contributed by atoms with Crippen LogP contribution in [0.15, 0.2) is 56.7 Å². The standard InChI is InChI=1S/C19H21BrN4O2S/c1-3-13(2)21-17(25)12-27-19-23-22-18(15-9-10-16(20)26-15)24(19)11-14-7-5-4-6-8-14/h4-10,13H,3,11-12H2,1-2H3,(H,21,25). The van der Waals surface area contributed by atoms with Crippen LogP contribution in [0.3, 0.4) is 0 Å². The number of benzene rings is 1. The second-order valence-corrected chi connectivity index (χ2v) is 7.87. The molecule has 0 spiro atoms. The molecule has 142 valence electrons. The summed E-state index contributed by atoms with van der Waals surface area (Å²) in [6, 6.07) is 13.9. The number of hydrogen-bond donors (Lipinski definition) is 1. The highest BCUT2D eigenvalue weighted by Gasteiger charge is 2.18. The van der Waals surface area contributed by atoms with E-state index in [-0.39, 0.29) is 11.9 Å². The van der Waals surface area contributed by atoms with Gasteiger partial charge in [0.05, 0.1) is 12.3 Å². The van der Waals surface area contributed by atoms with Gasteiger partial charge in [-0.25, -0.2) is 0 Å². The molecule has 0 bridgehead atoms. The van der Waals surface area contributed by atoms with Gasteiger partial charge in [-0.05, 0) is 47.0 Å². The van der Waals surface area contributed by atoms with Crippen molar-refractivity contribution in [2.45, 2.75) is 38.0 Å². The third kappa shape index (κ3) is 5.23. The molecular weight excluding hydrogens is 428 g/mol. The minimum atomic E-state index is -0.00842. The first kappa shape index (κ1) is 19.7. The molecule has 0 radical (unpaired) electrons. The van der Waals surface area contributed by atoms with Crippen molar-refractivity contribution in [3.8, 4) is 11.6 Å². The van der Waals surface area contributed by atoms with Gasteiger partial charge in [0.15, 0.2) is 15.6 Å². The highest BCUT2D eigenvalue weighted by molar-refractivity contribution is 9.10. The van der Waals surface area contributed by atoms with E-state index in [4.69, 9.17) is 4.42 Å². The van der Waals surface area contributed by atoms with Gasteiger partial charge in [-0.3, -0.25) is 9.36 Å². The Bertz CT molecular complexity index is 894. The zero-order valence-electron chi connectivity index (χ0n) is 15.2. The first-order valence-electron chi connectivity index (χ1n) is 8.71. The maximum Gasteiger partial charge on any atom is 0.230 e. The Morgan fingerprint density at radius 2 is 2.04 bits per heavy atom. The summed E-state index contributed by atoms with van der Waals surface area (Å²) < 4.78 is 8.27. The van der Waals surface area contributed by atoms with Crippen molar-refractivity contribution < 1.29 is 9.21 Å². The highest BCUT2D eigenvalue weighted by atomic mass is 79.9. The lowest BCUT2D eigenvalue weighted by Crippen LogP contribution is -2.33. The van der Waals surface area contributed by atoms with Gasteiger partial charge >= 0.3 is 0 Å². The van der Waals surface area contributed by atoms with Crippen LogP contribution in [-0.4, -0.2) is 32.5 Å². The van der Waals surface area contributed by atoms with Crippen molar-refractivity contribution in [2.24, 2.45) is 0 Å². The van der Waals surface area contributed by atoms with E-state index < -0.39 is 0 Å². The predicted molar refractivity (Wildman–Crippen MR) is 110 cm³/mol. The molecule has 27 heavy (non-hydrogen) atoms. The molecular formula is C19H21BrN4O2S. The van der Waals surface area contributed by atoms with E-state index in [1.807, 2.05) is 60.9 Å². The third-order valence-electron chi connectivity index (χ3n) is 4.05. The molecule has 6 nitrogen and oxygen atoms in total. The Kier molecular flexibility index (Phi) is 6.73. The van der Waals surface area contributed by atoms with Gasteiger partial charge in [-0.15, -0.1) is 10.2 Å². The summed E-state index contributed by atoms with van der Waals surface area (Å²) >= 11 is 4.70. The van der Waals surface area contributed by atoms with Crippen LogP contribution < -0.4 is 5.32 Å². The van der Waals surface area contributed by atoms with Crippen LogP contribution in [0.25, 0.3) is 11.6 Å². The second-order valence-electron chi connectivity index (χ2n) is 6.15. The summed E-state index contributed by atoms with van der Waals surface area (Å²) in [4.78, 5) is 12.1. The van der Waals surface area contributed by atoms with E-state index in [1.165, 1.54) is 11.8 Å². The van der Waals surface area contributed by atoms with Crippen molar-refractivity contribution >= 4 is 33.6 Å². The molecule has 0 aliphatic rings. The summed E-state index contributed by atoms with van der Waals surface area (Å²) in [5.74, 6) is 1.54. The van der Waals surface area contributed by atoms with Crippen LogP contribution in [0.4, 0.5) is 0 Å². The minimum Gasteiger partial charge on any atom is -0.446 e. The molecule has 0 saturated carbocycles. The first-order valence-corrected chi connectivity index (χ1v) is 10.5. The van der Waals surface area contributed by atoms with Crippen LogP contribution in [0.5, 0.6) is 0 Å². The van der Waals surface area contributed by atoms with Crippen molar-refractivity contribution in [3.05, 3.63) is 52.7 Å². The molecule has 0 saturated heterocycles. The van der Waals surface area contributed by atoms with Crippen LogP contribution in [0.2, 0.25) is 0 Å². The Hall–Kier alpha value is -2.06. The van der Waals surface area contributed by atoms with Gasteiger partial charge in [0, 0.05) is 6.04 Å². The van der Waals surface area contributed by atoms with Crippen LogP contribution in [0, 0.1) is 0 Å². The summed E-state index contributed by atoms with van der Waals surface area (Å²) in [5, 5.41) is 12.2. The maximum absolute atomic E-state index is 12.1. The average molecular weight is 449 g/mol. The van der Waals surface area contributed by atoms with Crippen molar-refractivity contribution in [1.82, 2.24) is 20.1 Å². The van der Waals surface area contributed by atoms with Gasteiger partial charge < -0.3 is 9.73 Å². The SMILES string of the molecule is CCC(C)NC(=O)CSc1nnc(-c2ccc(Br)o2)n1Cc1ccccc1. The van der Waals surface area contributed by atoms with Crippen LogP contribution in [-0.2, 0) is 11.3 Å². The van der Waals surface area contributed by atoms with E-state index in [9.17, 15) is 4.79 Å². The van der Waals surface area contributed by atoms with E-state index >= 15 is 0 Å². The summed E-state index contributed by atoms with van der Waals surface area (Å²) in [7, 11) is 0. The lowest BCUT2D eigenvalue weighted by Gasteiger charge is -2.12. The molecule has 1 N–H and O–H groups in total. The number of furan rings is 1. The molecule has 0 aliphatic carbocycles. The monoisotopic (exact) mass is 448 g/mol. The summed E-state index contributed by atoms with van der Waals surface area (Å²) in [6.07, 6.45) is 0.901. The highest BCUT2D eigenvalue weighted by Crippen LogP contribution is 2.28. The number of amides is 1. The number of nitrogens with one attached hydrogen (secondary N) is 1. The topological polar surface area (TPSA) is 73.0 Å². The largest absolute Gasteiger partial charge is 0.446 e. The molecule has 8 heteroatoms. The zero-order valence-corrected chi connectivity index (χ0v) is 17.6. The number of aromatic nitrogens is 3. The Morgan fingerprint density at radius 3 is 2.70 bits per heavy atom. The van der Waals surface area contributed by atoms with E-state index in [1.54, 1.807) is 0 Å². The lowest BCUT2D eigenvalue weighted by molar-refractivity contribution is -0.119. The van der Waals surface area contributed by atoms with E-state index in [2.05, 4.69) is 31.4 Å². The van der Waals surface area contributed by atoms with Gasteiger partial charge in [-0.2, -0.15) is 0 Å². The van der Waals surface area contributed by atoms with Gasteiger partial charge in [0.25, 0.3) is 0 Å². The second kappa shape index (κ2) is 9.23. The first-order chi connectivity index (χ1) is 13.1. The fourth-order valence-electron chi connectivity index (χ4n) is 2.47. The molecule has 1 aromatic carbocycles. The third-order valence-corrected chi connectivity index (χ3v) is 5.44. The van der Waals surface area contributed by atoms with Gasteiger partial charge in [0.1, 0.15) is 0 Å². The van der Waals surface area contributed by atoms with Gasteiger partial charge in [-0.1, -0.05) is 49.0 Å². The molecule has 2 aromatic heterocycles. The van der Waals surface area contributed by atoms with Gasteiger partial charge in [0.2, 0.25) is 11.7 Å². The predicted octanol–water partition coefficient (Wildman–Crippen LogP) is 4.36. The van der Waals surface area contributed by atoms with Crippen molar-refractivity contribution in [1.29, 1.82) is 0 Å². The lowest BCUT2D eigenvalue weighted by atomic mass is 10.2. The molecule has 1 unspecified atom stereocenters. The Morgan fingerprint density at radius 1 is 1.26 bits per heavy atom.